The number of carboxylic acids is 1. The number of carboxylic acid groups (broad SMARTS) is 1. The molecule has 0 saturated carbocycles. The lowest BCUT2D eigenvalue weighted by molar-refractivity contribution is -0.274. The molecule has 5 nitrogen and oxygen atoms in total. The summed E-state index contributed by atoms with van der Waals surface area (Å²) in [7, 11) is 0. The van der Waals surface area contributed by atoms with Crippen LogP contribution in [-0.2, 0) is 16.0 Å². The second-order valence-electron chi connectivity index (χ2n) is 5.95. The third-order valence-corrected chi connectivity index (χ3v) is 3.77. The second kappa shape index (κ2) is 8.57. The zero-order valence-corrected chi connectivity index (χ0v) is 14.4. The lowest BCUT2D eigenvalue weighted by atomic mass is 9.98. The first kappa shape index (κ1) is 20.3. The number of benzene rings is 2. The van der Waals surface area contributed by atoms with Crippen LogP contribution >= 0.6 is 0 Å². The van der Waals surface area contributed by atoms with Crippen molar-refractivity contribution < 1.29 is 32.6 Å². The van der Waals surface area contributed by atoms with Crippen LogP contribution in [0.4, 0.5) is 13.2 Å². The Hall–Kier alpha value is -3.03. The number of rotatable bonds is 7. The van der Waals surface area contributed by atoms with E-state index in [2.05, 4.69) is 10.1 Å². The quantitative estimate of drug-likeness (QED) is 0.766. The molecular weight excluding hydrogens is 363 g/mol. The summed E-state index contributed by atoms with van der Waals surface area (Å²) in [5.41, 5.74) is 1.81. The van der Waals surface area contributed by atoms with Gasteiger partial charge in [0.25, 0.3) is 0 Å². The first-order valence-electron chi connectivity index (χ1n) is 8.05. The van der Waals surface area contributed by atoms with E-state index in [0.717, 1.165) is 17.7 Å². The van der Waals surface area contributed by atoms with Crippen LogP contribution in [0.15, 0.2) is 48.5 Å². The van der Waals surface area contributed by atoms with Crippen molar-refractivity contribution >= 4 is 11.9 Å². The molecule has 27 heavy (non-hydrogen) atoms. The van der Waals surface area contributed by atoms with Crippen molar-refractivity contribution in [3.8, 4) is 5.75 Å². The molecule has 0 spiro atoms. The third-order valence-electron chi connectivity index (χ3n) is 3.77. The molecular formula is C19H18F3NO4. The molecule has 2 aromatic carbocycles. The molecule has 0 bridgehead atoms. The predicted octanol–water partition coefficient (Wildman–Crippen LogP) is 3.77. The van der Waals surface area contributed by atoms with Gasteiger partial charge in [0.1, 0.15) is 5.75 Å². The number of hydrogen-bond donors (Lipinski definition) is 2. The molecule has 1 unspecified atom stereocenters. The first-order chi connectivity index (χ1) is 12.6. The largest absolute Gasteiger partial charge is 0.573 e. The van der Waals surface area contributed by atoms with E-state index in [9.17, 15) is 22.8 Å². The van der Waals surface area contributed by atoms with Gasteiger partial charge in [-0.2, -0.15) is 0 Å². The molecule has 144 valence electrons. The molecule has 8 heteroatoms. The van der Waals surface area contributed by atoms with Gasteiger partial charge >= 0.3 is 12.3 Å². The van der Waals surface area contributed by atoms with Crippen LogP contribution in [0, 0.1) is 6.92 Å². The lowest BCUT2D eigenvalue weighted by Crippen LogP contribution is -2.31. The van der Waals surface area contributed by atoms with Gasteiger partial charge in [-0.05, 0) is 35.7 Å². The van der Waals surface area contributed by atoms with Gasteiger partial charge in [0.05, 0.1) is 18.9 Å². The fourth-order valence-corrected chi connectivity index (χ4v) is 2.67. The molecule has 0 aliphatic carbocycles. The van der Waals surface area contributed by atoms with Crippen LogP contribution in [0.2, 0.25) is 0 Å². The zero-order chi connectivity index (χ0) is 20.0. The van der Waals surface area contributed by atoms with Crippen LogP contribution in [0.5, 0.6) is 5.75 Å². The average Bonchev–Trinajstić information content (AvgIpc) is 2.53. The number of alkyl halides is 3. The highest BCUT2D eigenvalue weighted by atomic mass is 19.4. The highest BCUT2D eigenvalue weighted by Crippen LogP contribution is 2.24. The number of carbonyl (C=O) groups is 2. The van der Waals surface area contributed by atoms with Crippen LogP contribution in [0.1, 0.15) is 29.2 Å². The minimum atomic E-state index is -4.82. The van der Waals surface area contributed by atoms with Crippen molar-refractivity contribution in [3.63, 3.8) is 0 Å². The maximum Gasteiger partial charge on any atom is 0.573 e. The Labute approximate surface area is 153 Å². The van der Waals surface area contributed by atoms with Crippen molar-refractivity contribution in [2.24, 2.45) is 0 Å². The molecule has 0 aromatic heterocycles. The van der Waals surface area contributed by atoms with E-state index >= 15 is 0 Å². The molecule has 1 amide bonds. The van der Waals surface area contributed by atoms with E-state index < -0.39 is 30.0 Å². The number of hydrogen-bond acceptors (Lipinski definition) is 3. The number of amides is 1. The number of aryl methyl sites for hydroxylation is 1. The van der Waals surface area contributed by atoms with Gasteiger partial charge < -0.3 is 15.2 Å². The average molecular weight is 381 g/mol. The highest BCUT2D eigenvalue weighted by Gasteiger charge is 2.31. The van der Waals surface area contributed by atoms with Gasteiger partial charge in [0.15, 0.2) is 0 Å². The van der Waals surface area contributed by atoms with Crippen LogP contribution in [0.3, 0.4) is 0 Å². The van der Waals surface area contributed by atoms with Gasteiger partial charge in [-0.1, -0.05) is 36.4 Å². The SMILES string of the molecule is Cc1ccccc1C(CC(=O)O)NC(=O)Cc1cccc(OC(F)(F)F)c1. The van der Waals surface area contributed by atoms with E-state index in [-0.39, 0.29) is 12.8 Å². The Bertz CT molecular complexity index is 821. The Morgan fingerprint density at radius 2 is 1.85 bits per heavy atom. The van der Waals surface area contributed by atoms with E-state index in [1.54, 1.807) is 31.2 Å². The summed E-state index contributed by atoms with van der Waals surface area (Å²) in [6.07, 6.45) is -5.34. The fraction of sp³-hybridized carbons (Fsp3) is 0.263. The van der Waals surface area contributed by atoms with Gasteiger partial charge in [-0.25, -0.2) is 0 Å². The van der Waals surface area contributed by atoms with E-state index in [4.69, 9.17) is 5.11 Å². The molecule has 2 N–H and O–H groups in total. The topological polar surface area (TPSA) is 75.6 Å². The molecule has 0 aliphatic rings. The highest BCUT2D eigenvalue weighted by molar-refractivity contribution is 5.80. The Kier molecular flexibility index (Phi) is 6.44. The van der Waals surface area contributed by atoms with E-state index in [1.807, 2.05) is 0 Å². The van der Waals surface area contributed by atoms with E-state index in [0.29, 0.717) is 11.1 Å². The van der Waals surface area contributed by atoms with Crippen molar-refractivity contribution in [1.29, 1.82) is 0 Å². The summed E-state index contributed by atoms with van der Waals surface area (Å²) in [6, 6.07) is 11.4. The summed E-state index contributed by atoms with van der Waals surface area (Å²) in [5, 5.41) is 11.7. The van der Waals surface area contributed by atoms with Crippen LogP contribution in [-0.4, -0.2) is 23.3 Å². The molecule has 1 atom stereocenters. The number of ether oxygens (including phenoxy) is 1. The fourth-order valence-electron chi connectivity index (χ4n) is 2.67. The molecule has 0 aliphatic heterocycles. The van der Waals surface area contributed by atoms with Crippen molar-refractivity contribution in [2.45, 2.75) is 32.2 Å². The van der Waals surface area contributed by atoms with Gasteiger partial charge in [-0.3, -0.25) is 9.59 Å². The Balaban J connectivity index is 2.11. The smallest absolute Gasteiger partial charge is 0.481 e. The maximum absolute atomic E-state index is 12.3. The van der Waals surface area contributed by atoms with Gasteiger partial charge in [0.2, 0.25) is 5.91 Å². The van der Waals surface area contributed by atoms with Crippen molar-refractivity contribution in [1.82, 2.24) is 5.32 Å². The van der Waals surface area contributed by atoms with Gasteiger partial charge in [-0.15, -0.1) is 13.2 Å². The summed E-state index contributed by atoms with van der Waals surface area (Å²) >= 11 is 0. The van der Waals surface area contributed by atoms with Crippen molar-refractivity contribution in [2.75, 3.05) is 0 Å². The van der Waals surface area contributed by atoms with Crippen molar-refractivity contribution in [3.05, 3.63) is 65.2 Å². The lowest BCUT2D eigenvalue weighted by Gasteiger charge is -2.19. The molecule has 0 fully saturated rings. The molecule has 0 radical (unpaired) electrons. The Morgan fingerprint density at radius 1 is 1.15 bits per heavy atom. The minimum absolute atomic E-state index is 0.211. The summed E-state index contributed by atoms with van der Waals surface area (Å²) in [4.78, 5) is 23.5. The maximum atomic E-state index is 12.3. The Morgan fingerprint density at radius 3 is 2.48 bits per heavy atom. The molecule has 2 aromatic rings. The van der Waals surface area contributed by atoms with Gasteiger partial charge in [0, 0.05) is 0 Å². The summed E-state index contributed by atoms with van der Waals surface area (Å²) in [5.74, 6) is -2.01. The minimum Gasteiger partial charge on any atom is -0.481 e. The van der Waals surface area contributed by atoms with E-state index in [1.165, 1.54) is 12.1 Å². The third kappa shape index (κ3) is 6.65. The monoisotopic (exact) mass is 381 g/mol. The molecule has 2 rings (SSSR count). The van der Waals surface area contributed by atoms with Crippen LogP contribution < -0.4 is 10.1 Å². The number of nitrogens with one attached hydrogen (secondary N) is 1. The normalized spacial score (nSPS) is 12.3. The molecule has 0 heterocycles. The predicted molar refractivity (Wildman–Crippen MR) is 91.1 cm³/mol. The summed E-state index contributed by atoms with van der Waals surface area (Å²) in [6.45, 7) is 1.80. The standard InChI is InChI=1S/C19H18F3NO4/c1-12-5-2-3-8-15(12)16(11-18(25)26)23-17(24)10-13-6-4-7-14(9-13)27-19(20,21)22/h2-9,16H,10-11H2,1H3,(H,23,24)(H,25,26). The number of halogens is 3. The summed E-state index contributed by atoms with van der Waals surface area (Å²) < 4.78 is 40.7. The molecule has 0 saturated heterocycles. The van der Waals surface area contributed by atoms with Crippen LogP contribution in [0.25, 0.3) is 0 Å². The second-order valence-corrected chi connectivity index (χ2v) is 5.95. The first-order valence-corrected chi connectivity index (χ1v) is 8.05. The number of aliphatic carboxylic acids is 1. The zero-order valence-electron chi connectivity index (χ0n) is 14.4. The number of carbonyl (C=O) groups excluding carboxylic acids is 1.